The summed E-state index contributed by atoms with van der Waals surface area (Å²) in [6, 6.07) is 0. The molecule has 27 heavy (non-hydrogen) atoms. The molecule has 3 atom stereocenters. The van der Waals surface area contributed by atoms with Gasteiger partial charge in [-0.15, -0.1) is 0 Å². The van der Waals surface area contributed by atoms with Crippen LogP contribution in [0.3, 0.4) is 0 Å². The van der Waals surface area contributed by atoms with Gasteiger partial charge in [-0.3, -0.25) is 9.98 Å². The summed E-state index contributed by atoms with van der Waals surface area (Å²) in [6.45, 7) is 10.1. The van der Waals surface area contributed by atoms with Crippen LogP contribution in [0.5, 0.6) is 0 Å². The second kappa shape index (κ2) is 6.99. The Kier molecular flexibility index (Phi) is 4.49. The Morgan fingerprint density at radius 3 is 2.56 bits per heavy atom. The van der Waals surface area contributed by atoms with Crippen LogP contribution >= 0.6 is 0 Å². The maximum absolute atomic E-state index is 5.07. The molecule has 0 aromatic carbocycles. The van der Waals surface area contributed by atoms with Gasteiger partial charge < -0.3 is 4.90 Å². The topological polar surface area (TPSA) is 52.7 Å². The molecule has 5 heteroatoms. The van der Waals surface area contributed by atoms with Crippen molar-refractivity contribution in [2.24, 2.45) is 43.6 Å². The van der Waals surface area contributed by atoms with E-state index >= 15 is 0 Å². The molecule has 3 unspecified atom stereocenters. The fraction of sp³-hybridized carbons (Fsp3) is 0.727. The lowest BCUT2D eigenvalue weighted by Crippen LogP contribution is -2.36. The highest BCUT2D eigenvalue weighted by Gasteiger charge is 2.43. The molecule has 5 nitrogen and oxygen atoms in total. The van der Waals surface area contributed by atoms with Crippen LogP contribution in [0.1, 0.15) is 51.9 Å². The van der Waals surface area contributed by atoms with Crippen LogP contribution in [0.4, 0.5) is 0 Å². The maximum Gasteiger partial charge on any atom is 0.127 e. The van der Waals surface area contributed by atoms with Gasteiger partial charge in [-0.05, 0) is 50.9 Å². The summed E-state index contributed by atoms with van der Waals surface area (Å²) >= 11 is 0. The molecule has 1 saturated heterocycles. The Morgan fingerprint density at radius 1 is 1.04 bits per heavy atom. The zero-order valence-electron chi connectivity index (χ0n) is 16.5. The van der Waals surface area contributed by atoms with Crippen molar-refractivity contribution in [3.63, 3.8) is 0 Å². The average molecular weight is 366 g/mol. The van der Waals surface area contributed by atoms with Crippen molar-refractivity contribution in [2.75, 3.05) is 26.2 Å². The smallest absolute Gasteiger partial charge is 0.127 e. The molecule has 0 aromatic heterocycles. The van der Waals surface area contributed by atoms with E-state index in [1.54, 1.807) is 0 Å². The summed E-state index contributed by atoms with van der Waals surface area (Å²) in [5.74, 6) is 5.26. The summed E-state index contributed by atoms with van der Waals surface area (Å²) in [7, 11) is 0. The molecule has 3 heterocycles. The molecule has 144 valence electrons. The van der Waals surface area contributed by atoms with E-state index in [9.17, 15) is 0 Å². The van der Waals surface area contributed by atoms with E-state index in [1.165, 1.54) is 55.8 Å². The van der Waals surface area contributed by atoms with Crippen molar-refractivity contribution in [2.45, 2.75) is 51.9 Å². The van der Waals surface area contributed by atoms with Gasteiger partial charge in [-0.25, -0.2) is 9.98 Å². The summed E-state index contributed by atoms with van der Waals surface area (Å²) in [5, 5.41) is 0. The third-order valence-electron chi connectivity index (χ3n) is 7.36. The Hall–Kier alpha value is -1.78. The van der Waals surface area contributed by atoms with Crippen molar-refractivity contribution >= 4 is 23.1 Å². The van der Waals surface area contributed by atoms with E-state index in [2.05, 4.69) is 21.5 Å². The highest BCUT2D eigenvalue weighted by molar-refractivity contribution is 6.06. The lowest BCUT2D eigenvalue weighted by Gasteiger charge is -2.34. The van der Waals surface area contributed by atoms with Crippen LogP contribution in [0.2, 0.25) is 0 Å². The molecule has 2 saturated carbocycles. The van der Waals surface area contributed by atoms with E-state index in [4.69, 9.17) is 9.98 Å². The van der Waals surface area contributed by atoms with E-state index < -0.39 is 0 Å². The largest absolute Gasteiger partial charge is 0.375 e. The van der Waals surface area contributed by atoms with Crippen molar-refractivity contribution in [3.05, 3.63) is 12.3 Å². The van der Waals surface area contributed by atoms with Crippen molar-refractivity contribution < 1.29 is 0 Å². The number of hydrogen-bond acceptors (Lipinski definition) is 5. The standard InChI is InChI=1S/C22H31N5/c1-14(9-19-12-23-15(2)25-19)27-7-5-17(6-8-27)21-13-24-22(26-21)20-11-16-3-4-18(20)10-16/h16-18,20H,1,3-13H2,2H3. The Balaban J connectivity index is 1.13. The van der Waals surface area contributed by atoms with Crippen molar-refractivity contribution in [1.29, 1.82) is 0 Å². The number of amidine groups is 2. The molecular weight excluding hydrogens is 334 g/mol. The molecule has 5 aliphatic rings. The van der Waals surface area contributed by atoms with Crippen LogP contribution in [-0.4, -0.2) is 54.2 Å². The van der Waals surface area contributed by atoms with Crippen LogP contribution in [0, 0.1) is 23.7 Å². The molecule has 0 aromatic rings. The lowest BCUT2D eigenvalue weighted by molar-refractivity contribution is 0.258. The first-order valence-corrected chi connectivity index (χ1v) is 10.8. The minimum absolute atomic E-state index is 0.614. The van der Waals surface area contributed by atoms with E-state index in [-0.39, 0.29) is 0 Å². The Morgan fingerprint density at radius 2 is 1.89 bits per heavy atom. The molecule has 3 aliphatic heterocycles. The first-order chi connectivity index (χ1) is 13.2. The van der Waals surface area contributed by atoms with Crippen LogP contribution in [-0.2, 0) is 0 Å². The first kappa shape index (κ1) is 17.3. The van der Waals surface area contributed by atoms with Gasteiger partial charge in [-0.2, -0.15) is 0 Å². The molecule has 5 rings (SSSR count). The van der Waals surface area contributed by atoms with Crippen LogP contribution in [0.25, 0.3) is 0 Å². The molecule has 0 amide bonds. The quantitative estimate of drug-likeness (QED) is 0.732. The Labute approximate surface area is 162 Å². The van der Waals surface area contributed by atoms with Gasteiger partial charge >= 0.3 is 0 Å². The van der Waals surface area contributed by atoms with Gasteiger partial charge in [0.25, 0.3) is 0 Å². The fourth-order valence-electron chi connectivity index (χ4n) is 5.84. The molecule has 0 N–H and O–H groups in total. The second-order valence-corrected chi connectivity index (χ2v) is 9.10. The normalized spacial score (nSPS) is 33.2. The predicted octanol–water partition coefficient (Wildman–Crippen LogP) is 3.76. The summed E-state index contributed by atoms with van der Waals surface area (Å²) < 4.78 is 0. The number of rotatable bonds is 5. The third-order valence-corrected chi connectivity index (χ3v) is 7.36. The number of piperidine rings is 1. The van der Waals surface area contributed by atoms with Crippen molar-refractivity contribution in [1.82, 2.24) is 4.90 Å². The third kappa shape index (κ3) is 3.41. The monoisotopic (exact) mass is 365 g/mol. The van der Waals surface area contributed by atoms with Gasteiger partial charge in [0.2, 0.25) is 0 Å². The second-order valence-electron chi connectivity index (χ2n) is 9.10. The van der Waals surface area contributed by atoms with Gasteiger partial charge in [0.1, 0.15) is 11.7 Å². The van der Waals surface area contributed by atoms with Crippen LogP contribution in [0.15, 0.2) is 32.2 Å². The number of allylic oxidation sites excluding steroid dienone is 1. The average Bonchev–Trinajstić information content (AvgIpc) is 3.46. The van der Waals surface area contributed by atoms with Gasteiger partial charge in [0.15, 0.2) is 0 Å². The van der Waals surface area contributed by atoms with E-state index in [0.717, 1.165) is 56.0 Å². The minimum Gasteiger partial charge on any atom is -0.375 e. The first-order valence-electron chi connectivity index (χ1n) is 10.8. The molecule has 2 bridgehead atoms. The number of likely N-dealkylation sites (tertiary alicyclic amines) is 1. The van der Waals surface area contributed by atoms with Gasteiger partial charge in [-0.1, -0.05) is 13.0 Å². The van der Waals surface area contributed by atoms with Crippen molar-refractivity contribution in [3.8, 4) is 0 Å². The van der Waals surface area contributed by atoms with Crippen LogP contribution < -0.4 is 0 Å². The highest BCUT2D eigenvalue weighted by Crippen LogP contribution is 2.49. The molecule has 0 radical (unpaired) electrons. The zero-order chi connectivity index (χ0) is 18.4. The fourth-order valence-corrected chi connectivity index (χ4v) is 5.84. The highest BCUT2D eigenvalue weighted by atomic mass is 15.1. The SMILES string of the molecule is C=C(CC1=NC(C)=NC1)N1CCC(C2=NC(C3CC4CCC3C4)=NC2)CC1. The summed E-state index contributed by atoms with van der Waals surface area (Å²) in [5.41, 5.74) is 3.72. The van der Waals surface area contributed by atoms with E-state index in [1.807, 2.05) is 6.92 Å². The maximum atomic E-state index is 5.07. The summed E-state index contributed by atoms with van der Waals surface area (Å²) in [4.78, 5) is 21.3. The molecule has 0 spiro atoms. The van der Waals surface area contributed by atoms with Gasteiger partial charge in [0.05, 0.1) is 13.1 Å². The zero-order valence-corrected chi connectivity index (χ0v) is 16.5. The number of hydrogen-bond donors (Lipinski definition) is 0. The number of nitrogens with zero attached hydrogens (tertiary/aromatic N) is 5. The molecule has 3 fully saturated rings. The van der Waals surface area contributed by atoms with E-state index in [0.29, 0.717) is 11.8 Å². The molecular formula is C22H31N5. The number of fused-ring (bicyclic) bond motifs is 2. The number of aliphatic imine (C=N–C) groups is 4. The minimum atomic E-state index is 0.614. The molecule has 2 aliphatic carbocycles. The Bertz CT molecular complexity index is 751. The predicted molar refractivity (Wildman–Crippen MR) is 112 cm³/mol. The summed E-state index contributed by atoms with van der Waals surface area (Å²) in [6.07, 6.45) is 8.88. The van der Waals surface area contributed by atoms with Gasteiger partial charge in [0, 0.05) is 48.5 Å². The lowest BCUT2D eigenvalue weighted by atomic mass is 9.88.